The molecule has 2 nitrogen and oxygen atoms in total. The predicted octanol–water partition coefficient (Wildman–Crippen LogP) is 4.45. The summed E-state index contributed by atoms with van der Waals surface area (Å²) in [7, 11) is 0. The zero-order valence-electron chi connectivity index (χ0n) is 8.14. The van der Waals surface area contributed by atoms with Crippen molar-refractivity contribution in [2.75, 3.05) is 5.32 Å². The molecule has 0 bridgehead atoms. The zero-order chi connectivity index (χ0) is 11.5. The van der Waals surface area contributed by atoms with E-state index in [-0.39, 0.29) is 5.02 Å². The highest BCUT2D eigenvalue weighted by Gasteiger charge is 2.02. The second kappa shape index (κ2) is 4.89. The van der Waals surface area contributed by atoms with Crippen LogP contribution in [0.1, 0.15) is 5.76 Å². The minimum atomic E-state index is -0.423. The standard InChI is InChI=1S/C11H8BrClFNO/c12-11-4-2-8(16-11)6-15-7-1-3-10(14)9(13)5-7/h1-5,15H,6H2. The molecule has 1 aromatic carbocycles. The van der Waals surface area contributed by atoms with Crippen molar-refractivity contribution in [2.24, 2.45) is 0 Å². The first-order chi connectivity index (χ1) is 7.65. The van der Waals surface area contributed by atoms with Gasteiger partial charge in [0.2, 0.25) is 0 Å². The molecular weight excluding hydrogens is 296 g/mol. The van der Waals surface area contributed by atoms with Crippen LogP contribution in [0.3, 0.4) is 0 Å². The van der Waals surface area contributed by atoms with Gasteiger partial charge >= 0.3 is 0 Å². The van der Waals surface area contributed by atoms with Gasteiger partial charge in [0.15, 0.2) is 4.67 Å². The third kappa shape index (κ3) is 2.77. The van der Waals surface area contributed by atoms with Crippen molar-refractivity contribution in [2.45, 2.75) is 6.54 Å². The summed E-state index contributed by atoms with van der Waals surface area (Å²) < 4.78 is 18.9. The Kier molecular flexibility index (Phi) is 3.51. The van der Waals surface area contributed by atoms with E-state index < -0.39 is 5.82 Å². The molecular formula is C11H8BrClFNO. The molecule has 5 heteroatoms. The van der Waals surface area contributed by atoms with E-state index >= 15 is 0 Å². The normalized spacial score (nSPS) is 10.4. The van der Waals surface area contributed by atoms with E-state index in [9.17, 15) is 4.39 Å². The number of anilines is 1. The van der Waals surface area contributed by atoms with Gasteiger partial charge in [0.1, 0.15) is 11.6 Å². The van der Waals surface area contributed by atoms with Crippen molar-refractivity contribution in [1.29, 1.82) is 0 Å². The highest BCUT2D eigenvalue weighted by molar-refractivity contribution is 9.10. The Morgan fingerprint density at radius 3 is 2.75 bits per heavy atom. The van der Waals surface area contributed by atoms with E-state index in [4.69, 9.17) is 16.0 Å². The Labute approximate surface area is 106 Å². The van der Waals surface area contributed by atoms with Crippen LogP contribution in [0.15, 0.2) is 39.4 Å². The first-order valence-electron chi connectivity index (χ1n) is 4.58. The number of hydrogen-bond donors (Lipinski definition) is 1. The van der Waals surface area contributed by atoms with E-state index in [1.54, 1.807) is 6.07 Å². The van der Waals surface area contributed by atoms with Crippen LogP contribution in [0.25, 0.3) is 0 Å². The van der Waals surface area contributed by atoms with Crippen LogP contribution < -0.4 is 5.32 Å². The van der Waals surface area contributed by atoms with Gasteiger partial charge in [0, 0.05) is 5.69 Å². The summed E-state index contributed by atoms with van der Waals surface area (Å²) in [6.45, 7) is 0.521. The summed E-state index contributed by atoms with van der Waals surface area (Å²) in [5.74, 6) is 0.361. The zero-order valence-corrected chi connectivity index (χ0v) is 10.5. The summed E-state index contributed by atoms with van der Waals surface area (Å²) in [6, 6.07) is 8.15. The van der Waals surface area contributed by atoms with Crippen molar-refractivity contribution in [1.82, 2.24) is 0 Å². The van der Waals surface area contributed by atoms with E-state index in [1.165, 1.54) is 12.1 Å². The van der Waals surface area contributed by atoms with Crippen LogP contribution in [0.4, 0.5) is 10.1 Å². The van der Waals surface area contributed by atoms with E-state index in [0.717, 1.165) is 11.4 Å². The molecule has 0 radical (unpaired) electrons. The molecule has 0 atom stereocenters. The lowest BCUT2D eigenvalue weighted by atomic mass is 10.3. The van der Waals surface area contributed by atoms with Gasteiger partial charge in [-0.15, -0.1) is 0 Å². The molecule has 2 rings (SSSR count). The molecule has 1 heterocycles. The van der Waals surface area contributed by atoms with Crippen molar-refractivity contribution in [3.05, 3.63) is 51.6 Å². The van der Waals surface area contributed by atoms with Gasteiger partial charge in [-0.3, -0.25) is 0 Å². The first kappa shape index (κ1) is 11.5. The molecule has 0 spiro atoms. The average molecular weight is 305 g/mol. The molecule has 0 aliphatic carbocycles. The van der Waals surface area contributed by atoms with Crippen LogP contribution in [-0.2, 0) is 6.54 Å². The molecule has 1 aromatic heterocycles. The number of rotatable bonds is 3. The minimum absolute atomic E-state index is 0.102. The largest absolute Gasteiger partial charge is 0.452 e. The van der Waals surface area contributed by atoms with Gasteiger partial charge < -0.3 is 9.73 Å². The Balaban J connectivity index is 2.02. The van der Waals surface area contributed by atoms with Crippen LogP contribution in [0.2, 0.25) is 5.02 Å². The number of halogens is 3. The number of furan rings is 1. The molecule has 2 aromatic rings. The van der Waals surface area contributed by atoms with Gasteiger partial charge in [0.05, 0.1) is 11.6 Å². The van der Waals surface area contributed by atoms with Crippen molar-refractivity contribution < 1.29 is 8.81 Å². The summed E-state index contributed by atoms with van der Waals surface area (Å²) in [5, 5.41) is 3.18. The van der Waals surface area contributed by atoms with Crippen LogP contribution in [0.5, 0.6) is 0 Å². The van der Waals surface area contributed by atoms with Gasteiger partial charge in [-0.2, -0.15) is 0 Å². The third-order valence-electron chi connectivity index (χ3n) is 2.02. The van der Waals surface area contributed by atoms with Crippen LogP contribution >= 0.6 is 27.5 Å². The summed E-state index contributed by atoms with van der Waals surface area (Å²) in [4.78, 5) is 0. The maximum atomic E-state index is 12.9. The number of hydrogen-bond acceptors (Lipinski definition) is 2. The smallest absolute Gasteiger partial charge is 0.169 e. The fraction of sp³-hybridized carbons (Fsp3) is 0.0909. The highest BCUT2D eigenvalue weighted by atomic mass is 79.9. The van der Waals surface area contributed by atoms with Crippen molar-refractivity contribution in [3.8, 4) is 0 Å². The van der Waals surface area contributed by atoms with E-state index in [1.807, 2.05) is 12.1 Å². The van der Waals surface area contributed by atoms with Crippen molar-refractivity contribution >= 4 is 33.2 Å². The topological polar surface area (TPSA) is 25.2 Å². The van der Waals surface area contributed by atoms with E-state index in [2.05, 4.69) is 21.2 Å². The second-order valence-corrected chi connectivity index (χ2v) is 4.38. The Morgan fingerprint density at radius 1 is 1.31 bits per heavy atom. The molecule has 0 saturated heterocycles. The van der Waals surface area contributed by atoms with Crippen LogP contribution in [0, 0.1) is 5.82 Å². The minimum Gasteiger partial charge on any atom is -0.452 e. The first-order valence-corrected chi connectivity index (χ1v) is 5.75. The monoisotopic (exact) mass is 303 g/mol. The molecule has 16 heavy (non-hydrogen) atoms. The van der Waals surface area contributed by atoms with Crippen LogP contribution in [-0.4, -0.2) is 0 Å². The second-order valence-electron chi connectivity index (χ2n) is 3.19. The molecule has 0 aliphatic rings. The Morgan fingerprint density at radius 2 is 2.12 bits per heavy atom. The maximum absolute atomic E-state index is 12.9. The average Bonchev–Trinajstić information content (AvgIpc) is 2.66. The molecule has 0 aliphatic heterocycles. The quantitative estimate of drug-likeness (QED) is 0.906. The maximum Gasteiger partial charge on any atom is 0.169 e. The van der Waals surface area contributed by atoms with Gasteiger partial charge in [0.25, 0.3) is 0 Å². The van der Waals surface area contributed by atoms with Gasteiger partial charge in [-0.1, -0.05) is 11.6 Å². The SMILES string of the molecule is Fc1ccc(NCc2ccc(Br)o2)cc1Cl. The summed E-state index contributed by atoms with van der Waals surface area (Å²) in [6.07, 6.45) is 0. The molecule has 84 valence electrons. The molecule has 1 N–H and O–H groups in total. The Hall–Kier alpha value is -1.00. The fourth-order valence-corrected chi connectivity index (χ4v) is 1.76. The third-order valence-corrected chi connectivity index (χ3v) is 2.73. The molecule has 0 fully saturated rings. The molecule has 0 saturated carbocycles. The number of nitrogens with one attached hydrogen (secondary N) is 1. The Bertz CT molecular complexity index is 500. The summed E-state index contributed by atoms with van der Waals surface area (Å²) in [5.41, 5.74) is 0.749. The van der Waals surface area contributed by atoms with Gasteiger partial charge in [-0.05, 0) is 46.3 Å². The lowest BCUT2D eigenvalue weighted by Gasteiger charge is -2.04. The lowest BCUT2D eigenvalue weighted by molar-refractivity contribution is 0.495. The highest BCUT2D eigenvalue weighted by Crippen LogP contribution is 2.20. The lowest BCUT2D eigenvalue weighted by Crippen LogP contribution is -1.98. The van der Waals surface area contributed by atoms with Gasteiger partial charge in [-0.25, -0.2) is 4.39 Å². The summed E-state index contributed by atoms with van der Waals surface area (Å²) >= 11 is 8.87. The molecule has 0 amide bonds. The molecule has 0 unspecified atom stereocenters. The number of benzene rings is 1. The van der Waals surface area contributed by atoms with E-state index in [0.29, 0.717) is 11.2 Å². The fourth-order valence-electron chi connectivity index (χ4n) is 1.24. The predicted molar refractivity (Wildman–Crippen MR) is 65.1 cm³/mol. The van der Waals surface area contributed by atoms with Crippen molar-refractivity contribution in [3.63, 3.8) is 0 Å².